The minimum Gasteiger partial charge on any atom is -0.259 e. The highest BCUT2D eigenvalue weighted by molar-refractivity contribution is 8.99. The molecule has 0 saturated carbocycles. The first-order valence-corrected chi connectivity index (χ1v) is 9.42. The van der Waals surface area contributed by atoms with Gasteiger partial charge in [-0.15, -0.1) is 0 Å². The molecule has 1 aromatic rings. The number of thioether (sulfide) groups is 1. The van der Waals surface area contributed by atoms with Crippen LogP contribution in [0, 0.1) is 0 Å². The summed E-state index contributed by atoms with van der Waals surface area (Å²) in [6.07, 6.45) is 0. The summed E-state index contributed by atoms with van der Waals surface area (Å²) in [7, 11) is 11.5. The van der Waals surface area contributed by atoms with Crippen LogP contribution in [0.2, 0.25) is 0 Å². The molecule has 6 heteroatoms. The van der Waals surface area contributed by atoms with Crippen molar-refractivity contribution in [2.24, 2.45) is 4.99 Å². The van der Waals surface area contributed by atoms with E-state index < -0.39 is 0 Å². The van der Waals surface area contributed by atoms with Gasteiger partial charge in [-0.3, -0.25) is 4.90 Å². The average molecular weight is 305 g/mol. The van der Waals surface area contributed by atoms with E-state index in [1.165, 1.54) is 5.56 Å². The molecule has 0 N–H and O–H groups in total. The molecule has 0 fully saturated rings. The number of nitrogens with zero attached hydrogens (tertiary/aromatic N) is 2. The van der Waals surface area contributed by atoms with Gasteiger partial charge in [0.2, 0.25) is 0 Å². The normalized spacial score (nSPS) is 19.9. The molecular formula is C11H13ClN2S3. The summed E-state index contributed by atoms with van der Waals surface area (Å²) in [6.45, 7) is 0. The van der Waals surface area contributed by atoms with Gasteiger partial charge in [0.15, 0.2) is 5.11 Å². The van der Waals surface area contributed by atoms with Crippen LogP contribution in [0.3, 0.4) is 0 Å². The first kappa shape index (κ1) is 13.5. The minimum absolute atomic E-state index is 0.322. The molecule has 1 heterocycles. The zero-order valence-electron chi connectivity index (χ0n) is 9.59. The Labute approximate surface area is 117 Å². The molecule has 2 nitrogen and oxygen atoms in total. The Kier molecular flexibility index (Phi) is 4.99. The standard InChI is InChI=1S/C11H13ClN2S3/c1-14(2)10-13-11(16-17(10)12)15-8-9-6-4-3-5-7-9/h3-7H,8H2,1-2H3. The van der Waals surface area contributed by atoms with Crippen molar-refractivity contribution in [3.05, 3.63) is 35.9 Å². The second-order valence-electron chi connectivity index (χ2n) is 3.64. The second-order valence-corrected chi connectivity index (χ2v) is 9.20. The van der Waals surface area contributed by atoms with E-state index in [2.05, 4.69) is 29.3 Å². The summed E-state index contributed by atoms with van der Waals surface area (Å²) in [5.41, 5.74) is 1.31. The van der Waals surface area contributed by atoms with E-state index in [4.69, 9.17) is 10.7 Å². The Morgan fingerprint density at radius 1 is 1.35 bits per heavy atom. The molecule has 0 spiro atoms. The number of rotatable bonds is 2. The van der Waals surface area contributed by atoms with Gasteiger partial charge in [-0.25, -0.2) is 4.99 Å². The number of benzene rings is 1. The summed E-state index contributed by atoms with van der Waals surface area (Å²) in [4.78, 5) is 6.53. The monoisotopic (exact) mass is 304 g/mol. The fourth-order valence-corrected chi connectivity index (χ4v) is 6.85. The van der Waals surface area contributed by atoms with Crippen molar-refractivity contribution in [2.45, 2.75) is 5.75 Å². The zero-order chi connectivity index (χ0) is 12.3. The highest BCUT2D eigenvalue weighted by Crippen LogP contribution is 2.46. The van der Waals surface area contributed by atoms with Crippen LogP contribution in [-0.4, -0.2) is 28.5 Å². The maximum absolute atomic E-state index is 6.23. The highest BCUT2D eigenvalue weighted by Gasteiger charge is 2.18. The van der Waals surface area contributed by atoms with E-state index in [1.807, 2.05) is 25.1 Å². The Hall–Kier alpha value is 0.0600. The lowest BCUT2D eigenvalue weighted by atomic mass is 10.2. The van der Waals surface area contributed by atoms with Crippen LogP contribution in [0.15, 0.2) is 35.3 Å². The lowest BCUT2D eigenvalue weighted by molar-refractivity contribution is 0.629. The summed E-state index contributed by atoms with van der Waals surface area (Å²) in [5, 5.41) is 0.965. The number of aliphatic imine (C=N–C) groups is 1. The molecule has 2 rings (SSSR count). The summed E-state index contributed by atoms with van der Waals surface area (Å²) >= 11 is 1.75. The SMILES string of the molecule is CN(C)C1=S(Cl)SC(SCc2ccccc2)=N1. The van der Waals surface area contributed by atoms with Crippen LogP contribution in [0.5, 0.6) is 0 Å². The van der Waals surface area contributed by atoms with Crippen molar-refractivity contribution < 1.29 is 0 Å². The fourth-order valence-electron chi connectivity index (χ4n) is 1.25. The molecule has 0 amide bonds. The fraction of sp³-hybridized carbons (Fsp3) is 0.273. The topological polar surface area (TPSA) is 15.6 Å². The van der Waals surface area contributed by atoms with Crippen LogP contribution < -0.4 is 0 Å². The van der Waals surface area contributed by atoms with Crippen LogP contribution in [0.4, 0.5) is 0 Å². The van der Waals surface area contributed by atoms with E-state index in [1.54, 1.807) is 22.6 Å². The van der Waals surface area contributed by atoms with Crippen molar-refractivity contribution >= 4 is 51.5 Å². The molecular weight excluding hydrogens is 292 g/mol. The largest absolute Gasteiger partial charge is 0.259 e. The van der Waals surface area contributed by atoms with Gasteiger partial charge in [0.25, 0.3) is 0 Å². The first-order valence-electron chi connectivity index (χ1n) is 5.05. The van der Waals surface area contributed by atoms with E-state index in [-0.39, 0.29) is 8.73 Å². The molecule has 1 atom stereocenters. The molecule has 92 valence electrons. The van der Waals surface area contributed by atoms with Crippen LogP contribution in [0.25, 0.3) is 0 Å². The maximum Gasteiger partial charge on any atom is 0.159 e. The Balaban J connectivity index is 1.93. The highest BCUT2D eigenvalue weighted by atomic mass is 35.7. The molecule has 0 aromatic heterocycles. The molecule has 0 saturated heterocycles. The Morgan fingerprint density at radius 3 is 2.65 bits per heavy atom. The molecule has 0 aliphatic carbocycles. The van der Waals surface area contributed by atoms with Gasteiger partial charge < -0.3 is 0 Å². The van der Waals surface area contributed by atoms with Gasteiger partial charge in [-0.1, -0.05) is 42.1 Å². The average Bonchev–Trinajstić information content (AvgIpc) is 2.69. The van der Waals surface area contributed by atoms with E-state index in [0.29, 0.717) is 0 Å². The summed E-state index contributed by atoms with van der Waals surface area (Å²) in [5.74, 6) is 0.946. The van der Waals surface area contributed by atoms with Gasteiger partial charge in [-0.05, 0) is 41.1 Å². The van der Waals surface area contributed by atoms with Gasteiger partial charge in [-0.2, -0.15) is 0 Å². The van der Waals surface area contributed by atoms with Crippen LogP contribution >= 0.6 is 42.0 Å². The third-order valence-corrected chi connectivity index (χ3v) is 7.26. The van der Waals surface area contributed by atoms with Crippen molar-refractivity contribution in [1.82, 2.24) is 4.90 Å². The van der Waals surface area contributed by atoms with Crippen LogP contribution in [0.1, 0.15) is 5.56 Å². The van der Waals surface area contributed by atoms with Crippen molar-refractivity contribution in [1.29, 1.82) is 0 Å². The van der Waals surface area contributed by atoms with Crippen molar-refractivity contribution in [3.8, 4) is 0 Å². The lowest BCUT2D eigenvalue weighted by Crippen LogP contribution is -2.17. The van der Waals surface area contributed by atoms with E-state index in [9.17, 15) is 0 Å². The molecule has 1 aromatic carbocycles. The van der Waals surface area contributed by atoms with Crippen molar-refractivity contribution in [2.75, 3.05) is 14.1 Å². The zero-order valence-corrected chi connectivity index (χ0v) is 12.8. The Bertz CT molecular complexity index is 457. The minimum atomic E-state index is -0.322. The molecule has 17 heavy (non-hydrogen) atoms. The number of hydrogen-bond donors (Lipinski definition) is 0. The number of hydrogen-bond acceptors (Lipinski definition) is 4. The number of halogens is 1. The molecule has 0 bridgehead atoms. The smallest absolute Gasteiger partial charge is 0.159 e. The quantitative estimate of drug-likeness (QED) is 0.606. The van der Waals surface area contributed by atoms with E-state index >= 15 is 0 Å². The van der Waals surface area contributed by atoms with Gasteiger partial charge in [0.1, 0.15) is 4.38 Å². The lowest BCUT2D eigenvalue weighted by Gasteiger charge is -2.06. The Morgan fingerprint density at radius 2 is 2.06 bits per heavy atom. The predicted molar refractivity (Wildman–Crippen MR) is 84.9 cm³/mol. The summed E-state index contributed by atoms with van der Waals surface area (Å²) in [6, 6.07) is 10.4. The third-order valence-electron chi connectivity index (χ3n) is 2.06. The third kappa shape index (κ3) is 3.76. The summed E-state index contributed by atoms with van der Waals surface area (Å²) < 4.78 is 1.07. The van der Waals surface area contributed by atoms with Gasteiger partial charge in [0, 0.05) is 14.5 Å². The molecule has 0 radical (unpaired) electrons. The van der Waals surface area contributed by atoms with Gasteiger partial charge >= 0.3 is 0 Å². The van der Waals surface area contributed by atoms with E-state index in [0.717, 1.165) is 15.2 Å². The van der Waals surface area contributed by atoms with Crippen molar-refractivity contribution in [3.63, 3.8) is 0 Å². The van der Waals surface area contributed by atoms with Gasteiger partial charge in [0.05, 0.1) is 0 Å². The molecule has 1 unspecified atom stereocenters. The predicted octanol–water partition coefficient (Wildman–Crippen LogP) is 4.01. The molecule has 1 aliphatic rings. The first-order chi connectivity index (χ1) is 8.16. The molecule has 1 aliphatic heterocycles. The van der Waals surface area contributed by atoms with Crippen LogP contribution in [-0.2, 0) is 5.75 Å². The maximum atomic E-state index is 6.23. The second kappa shape index (κ2) is 6.29.